The summed E-state index contributed by atoms with van der Waals surface area (Å²) >= 11 is 0. The molecule has 0 aliphatic heterocycles. The molecule has 1 aromatic carbocycles. The van der Waals surface area contributed by atoms with E-state index in [2.05, 4.69) is 17.4 Å². The number of fused-ring (bicyclic) bond motifs is 1. The molecular formula is C13H19NO. The molecule has 0 radical (unpaired) electrons. The van der Waals surface area contributed by atoms with Crippen LogP contribution < -0.4 is 10.1 Å². The standard InChI is InChI=1S/C13H19NO/c1-14-9-8-11-7-6-10-4-3-5-12(10)13(11)15-2/h6-7,14H,3-5,8-9H2,1-2H3. The third-order valence-corrected chi connectivity index (χ3v) is 3.16. The van der Waals surface area contributed by atoms with Crippen molar-refractivity contribution in [2.24, 2.45) is 0 Å². The van der Waals surface area contributed by atoms with Crippen LogP contribution in [0.15, 0.2) is 12.1 Å². The number of benzene rings is 1. The molecule has 82 valence electrons. The molecule has 15 heavy (non-hydrogen) atoms. The van der Waals surface area contributed by atoms with E-state index in [-0.39, 0.29) is 0 Å². The summed E-state index contributed by atoms with van der Waals surface area (Å²) in [5, 5.41) is 3.18. The fourth-order valence-corrected chi connectivity index (χ4v) is 2.39. The van der Waals surface area contributed by atoms with Crippen molar-refractivity contribution in [2.45, 2.75) is 25.7 Å². The summed E-state index contributed by atoms with van der Waals surface area (Å²) in [5.41, 5.74) is 4.28. The van der Waals surface area contributed by atoms with Crippen LogP contribution in [-0.4, -0.2) is 20.7 Å². The summed E-state index contributed by atoms with van der Waals surface area (Å²) in [5.74, 6) is 1.14. The molecular weight excluding hydrogens is 186 g/mol. The Hall–Kier alpha value is -1.02. The number of hydrogen-bond donors (Lipinski definition) is 1. The molecule has 1 N–H and O–H groups in total. The summed E-state index contributed by atoms with van der Waals surface area (Å²) < 4.78 is 5.56. The first-order valence-corrected chi connectivity index (χ1v) is 5.69. The second-order valence-corrected chi connectivity index (χ2v) is 4.10. The number of ether oxygens (including phenoxy) is 1. The largest absolute Gasteiger partial charge is 0.496 e. The van der Waals surface area contributed by atoms with Crippen molar-refractivity contribution in [2.75, 3.05) is 20.7 Å². The normalized spacial score (nSPS) is 14.0. The molecule has 0 amide bonds. The van der Waals surface area contributed by atoms with Crippen LogP contribution in [0, 0.1) is 0 Å². The van der Waals surface area contributed by atoms with E-state index in [1.54, 1.807) is 7.11 Å². The van der Waals surface area contributed by atoms with Gasteiger partial charge in [-0.2, -0.15) is 0 Å². The molecule has 0 bridgehead atoms. The predicted octanol–water partition coefficient (Wildman–Crippen LogP) is 1.95. The minimum atomic E-state index is 1.01. The van der Waals surface area contributed by atoms with Gasteiger partial charge in [0.05, 0.1) is 7.11 Å². The number of rotatable bonds is 4. The fourth-order valence-electron chi connectivity index (χ4n) is 2.39. The molecule has 1 aromatic rings. The van der Waals surface area contributed by atoms with Gasteiger partial charge in [-0.25, -0.2) is 0 Å². The molecule has 2 rings (SSSR count). The lowest BCUT2D eigenvalue weighted by Gasteiger charge is -2.13. The first-order chi connectivity index (χ1) is 7.36. The third-order valence-electron chi connectivity index (χ3n) is 3.16. The van der Waals surface area contributed by atoms with Crippen molar-refractivity contribution < 1.29 is 4.74 Å². The van der Waals surface area contributed by atoms with Gasteiger partial charge in [0.15, 0.2) is 0 Å². The van der Waals surface area contributed by atoms with Crippen molar-refractivity contribution in [3.05, 3.63) is 28.8 Å². The summed E-state index contributed by atoms with van der Waals surface area (Å²) in [4.78, 5) is 0. The van der Waals surface area contributed by atoms with Gasteiger partial charge in [0.2, 0.25) is 0 Å². The SMILES string of the molecule is CNCCc1ccc2c(c1OC)CCC2. The average molecular weight is 205 g/mol. The maximum absolute atomic E-state index is 5.56. The Morgan fingerprint density at radius 2 is 2.20 bits per heavy atom. The van der Waals surface area contributed by atoms with Crippen molar-refractivity contribution in [1.29, 1.82) is 0 Å². The third kappa shape index (κ3) is 2.00. The zero-order valence-electron chi connectivity index (χ0n) is 9.60. The Labute approximate surface area is 91.6 Å². The first-order valence-electron chi connectivity index (χ1n) is 5.69. The zero-order chi connectivity index (χ0) is 10.7. The second-order valence-electron chi connectivity index (χ2n) is 4.10. The predicted molar refractivity (Wildman–Crippen MR) is 62.6 cm³/mol. The van der Waals surface area contributed by atoms with Crippen LogP contribution in [0.4, 0.5) is 0 Å². The molecule has 1 aliphatic carbocycles. The van der Waals surface area contributed by atoms with Gasteiger partial charge in [-0.05, 0) is 56.0 Å². The summed E-state index contributed by atoms with van der Waals surface area (Å²) in [7, 11) is 3.77. The van der Waals surface area contributed by atoms with Crippen LogP contribution in [0.5, 0.6) is 5.75 Å². The van der Waals surface area contributed by atoms with Gasteiger partial charge in [-0.15, -0.1) is 0 Å². The molecule has 2 heteroatoms. The zero-order valence-corrected chi connectivity index (χ0v) is 9.60. The minimum absolute atomic E-state index is 1.01. The second kappa shape index (κ2) is 4.67. The number of methoxy groups -OCH3 is 1. The van der Waals surface area contributed by atoms with Crippen molar-refractivity contribution in [1.82, 2.24) is 5.32 Å². The van der Waals surface area contributed by atoms with Gasteiger partial charge in [-0.3, -0.25) is 0 Å². The highest BCUT2D eigenvalue weighted by molar-refractivity contribution is 5.48. The minimum Gasteiger partial charge on any atom is -0.496 e. The summed E-state index contributed by atoms with van der Waals surface area (Å²) in [6.07, 6.45) is 4.73. The smallest absolute Gasteiger partial charge is 0.125 e. The van der Waals surface area contributed by atoms with E-state index < -0.39 is 0 Å². The van der Waals surface area contributed by atoms with Crippen LogP contribution in [0.2, 0.25) is 0 Å². The molecule has 1 aliphatic rings. The molecule has 0 heterocycles. The number of hydrogen-bond acceptors (Lipinski definition) is 2. The van der Waals surface area contributed by atoms with Gasteiger partial charge >= 0.3 is 0 Å². The fraction of sp³-hybridized carbons (Fsp3) is 0.538. The maximum Gasteiger partial charge on any atom is 0.125 e. The van der Waals surface area contributed by atoms with E-state index in [0.29, 0.717) is 0 Å². The number of likely N-dealkylation sites (N-methyl/N-ethyl adjacent to an activating group) is 1. The topological polar surface area (TPSA) is 21.3 Å². The van der Waals surface area contributed by atoms with Gasteiger partial charge in [-0.1, -0.05) is 12.1 Å². The molecule has 0 fully saturated rings. The van der Waals surface area contributed by atoms with E-state index in [9.17, 15) is 0 Å². The monoisotopic (exact) mass is 205 g/mol. The van der Waals surface area contributed by atoms with Crippen LogP contribution in [0.1, 0.15) is 23.1 Å². The Morgan fingerprint density at radius 3 is 2.93 bits per heavy atom. The van der Waals surface area contributed by atoms with Crippen molar-refractivity contribution in [3.63, 3.8) is 0 Å². The van der Waals surface area contributed by atoms with E-state index in [1.807, 2.05) is 7.05 Å². The number of aryl methyl sites for hydroxylation is 1. The van der Waals surface area contributed by atoms with Gasteiger partial charge < -0.3 is 10.1 Å². The highest BCUT2D eigenvalue weighted by Gasteiger charge is 2.17. The Kier molecular flexibility index (Phi) is 3.27. The molecule has 2 nitrogen and oxygen atoms in total. The van der Waals surface area contributed by atoms with Crippen molar-refractivity contribution >= 4 is 0 Å². The molecule has 0 atom stereocenters. The van der Waals surface area contributed by atoms with Gasteiger partial charge in [0.25, 0.3) is 0 Å². The van der Waals surface area contributed by atoms with E-state index in [4.69, 9.17) is 4.74 Å². The van der Waals surface area contributed by atoms with E-state index in [1.165, 1.54) is 36.0 Å². The molecule has 0 saturated carbocycles. The Balaban J connectivity index is 2.30. The highest BCUT2D eigenvalue weighted by Crippen LogP contribution is 2.33. The van der Waals surface area contributed by atoms with Crippen molar-refractivity contribution in [3.8, 4) is 5.75 Å². The van der Waals surface area contributed by atoms with Gasteiger partial charge in [0.1, 0.15) is 5.75 Å². The number of nitrogens with one attached hydrogen (secondary N) is 1. The lowest BCUT2D eigenvalue weighted by Crippen LogP contribution is -2.11. The van der Waals surface area contributed by atoms with Crippen LogP contribution in [0.25, 0.3) is 0 Å². The average Bonchev–Trinajstić information content (AvgIpc) is 2.73. The summed E-state index contributed by atoms with van der Waals surface area (Å²) in [6.45, 7) is 1.01. The Morgan fingerprint density at radius 1 is 1.33 bits per heavy atom. The van der Waals surface area contributed by atoms with Crippen LogP contribution in [-0.2, 0) is 19.3 Å². The summed E-state index contributed by atoms with van der Waals surface area (Å²) in [6, 6.07) is 4.50. The van der Waals surface area contributed by atoms with Crippen LogP contribution in [0.3, 0.4) is 0 Å². The van der Waals surface area contributed by atoms with Crippen LogP contribution >= 0.6 is 0 Å². The molecule has 0 unspecified atom stereocenters. The first kappa shape index (κ1) is 10.5. The van der Waals surface area contributed by atoms with E-state index in [0.717, 1.165) is 18.7 Å². The quantitative estimate of drug-likeness (QED) is 0.811. The highest BCUT2D eigenvalue weighted by atomic mass is 16.5. The lowest BCUT2D eigenvalue weighted by atomic mass is 10.0. The molecule has 0 saturated heterocycles. The Bertz CT molecular complexity index is 347. The maximum atomic E-state index is 5.56. The van der Waals surface area contributed by atoms with E-state index >= 15 is 0 Å². The molecule has 0 aromatic heterocycles. The lowest BCUT2D eigenvalue weighted by molar-refractivity contribution is 0.405. The van der Waals surface area contributed by atoms with Gasteiger partial charge in [0, 0.05) is 0 Å². The molecule has 0 spiro atoms.